The Bertz CT molecular complexity index is 1090. The average Bonchev–Trinajstić information content (AvgIpc) is 3.00. The highest BCUT2D eigenvalue weighted by atomic mass is 32.2. The summed E-state index contributed by atoms with van der Waals surface area (Å²) in [6.45, 7) is 5.34. The molecule has 3 rings (SSSR count). The van der Waals surface area contributed by atoms with Crippen LogP contribution in [-0.4, -0.2) is 37.6 Å². The zero-order chi connectivity index (χ0) is 20.7. The second-order valence-electron chi connectivity index (χ2n) is 6.81. The van der Waals surface area contributed by atoms with E-state index < -0.39 is 32.0 Å². The summed E-state index contributed by atoms with van der Waals surface area (Å²) in [7, 11) is -8.60. The van der Waals surface area contributed by atoms with Crippen molar-refractivity contribution in [3.63, 3.8) is 0 Å². The van der Waals surface area contributed by atoms with E-state index in [1.54, 1.807) is 38.1 Å². The molecule has 28 heavy (non-hydrogen) atoms. The van der Waals surface area contributed by atoms with Crippen molar-refractivity contribution in [3.05, 3.63) is 59.7 Å². The standard InChI is InChI=1S/C19H22N2O5S2/c1-4-16-13-19(22)21(28(25,26)18-11-7-15(3)8-12-18)20(16)27(23,24)17-9-5-14(2)6-10-17/h5-12,16H,4,13H2,1-3H3/t16-/m1/s1. The van der Waals surface area contributed by atoms with Crippen LogP contribution in [0.4, 0.5) is 0 Å². The van der Waals surface area contributed by atoms with Crippen LogP contribution in [0.25, 0.3) is 0 Å². The van der Waals surface area contributed by atoms with Crippen molar-refractivity contribution >= 4 is 26.0 Å². The first-order valence-electron chi connectivity index (χ1n) is 8.85. The van der Waals surface area contributed by atoms with Gasteiger partial charge in [-0.05, 0) is 44.5 Å². The molecular weight excluding hydrogens is 400 g/mol. The number of hydrogen-bond donors (Lipinski definition) is 0. The van der Waals surface area contributed by atoms with Gasteiger partial charge in [-0.1, -0.05) is 46.7 Å². The summed E-state index contributed by atoms with van der Waals surface area (Å²) in [6, 6.07) is 11.3. The molecule has 2 aromatic rings. The normalized spacial score (nSPS) is 18.6. The zero-order valence-corrected chi connectivity index (χ0v) is 17.5. The van der Waals surface area contributed by atoms with Crippen molar-refractivity contribution in [2.24, 2.45) is 0 Å². The fourth-order valence-corrected chi connectivity index (χ4v) is 6.57. The lowest BCUT2D eigenvalue weighted by Crippen LogP contribution is -2.49. The molecule has 2 aromatic carbocycles. The summed E-state index contributed by atoms with van der Waals surface area (Å²) in [5, 5.41) is 0. The molecule has 0 N–H and O–H groups in total. The first-order valence-corrected chi connectivity index (χ1v) is 11.7. The Morgan fingerprint density at radius 1 is 0.821 bits per heavy atom. The summed E-state index contributed by atoms with van der Waals surface area (Å²) in [6.07, 6.45) is 0.115. The molecule has 1 saturated heterocycles. The van der Waals surface area contributed by atoms with Crippen molar-refractivity contribution in [1.82, 2.24) is 8.83 Å². The van der Waals surface area contributed by atoms with Gasteiger partial charge in [-0.3, -0.25) is 4.79 Å². The van der Waals surface area contributed by atoms with Gasteiger partial charge in [0.2, 0.25) is 0 Å². The van der Waals surface area contributed by atoms with Gasteiger partial charge in [0.1, 0.15) is 0 Å². The smallest absolute Gasteiger partial charge is 0.272 e. The van der Waals surface area contributed by atoms with E-state index in [0.717, 1.165) is 15.5 Å². The Labute approximate surface area is 165 Å². The molecular formula is C19H22N2O5S2. The van der Waals surface area contributed by atoms with E-state index in [0.29, 0.717) is 10.8 Å². The number of amides is 1. The zero-order valence-electron chi connectivity index (χ0n) is 15.9. The molecule has 0 saturated carbocycles. The van der Waals surface area contributed by atoms with Gasteiger partial charge in [-0.25, -0.2) is 8.42 Å². The number of nitrogens with zero attached hydrogens (tertiary/aromatic N) is 2. The van der Waals surface area contributed by atoms with Gasteiger partial charge in [0.05, 0.1) is 15.8 Å². The van der Waals surface area contributed by atoms with Crippen LogP contribution in [0.3, 0.4) is 0 Å². The van der Waals surface area contributed by atoms with E-state index in [2.05, 4.69) is 0 Å². The largest absolute Gasteiger partial charge is 0.281 e. The van der Waals surface area contributed by atoms with E-state index >= 15 is 0 Å². The maximum Gasteiger partial charge on any atom is 0.281 e. The monoisotopic (exact) mass is 422 g/mol. The average molecular weight is 423 g/mol. The second kappa shape index (κ2) is 7.31. The minimum Gasteiger partial charge on any atom is -0.272 e. The highest BCUT2D eigenvalue weighted by molar-refractivity contribution is 7.92. The summed E-state index contributed by atoms with van der Waals surface area (Å²) >= 11 is 0. The molecule has 0 bridgehead atoms. The topological polar surface area (TPSA) is 91.8 Å². The molecule has 1 heterocycles. The number of rotatable bonds is 5. The molecule has 0 aromatic heterocycles. The van der Waals surface area contributed by atoms with Crippen molar-refractivity contribution in [3.8, 4) is 0 Å². The van der Waals surface area contributed by atoms with Gasteiger partial charge in [-0.15, -0.1) is 4.41 Å². The lowest BCUT2D eigenvalue weighted by atomic mass is 10.2. The highest BCUT2D eigenvalue weighted by Crippen LogP contribution is 2.34. The summed E-state index contributed by atoms with van der Waals surface area (Å²) < 4.78 is 54.0. The molecule has 1 atom stereocenters. The third kappa shape index (κ3) is 3.45. The molecule has 0 unspecified atom stereocenters. The minimum atomic E-state index is -4.37. The number of carbonyl (C=O) groups is 1. The second-order valence-corrected chi connectivity index (χ2v) is 10.4. The van der Waals surface area contributed by atoms with Gasteiger partial charge in [0.15, 0.2) is 0 Å². The highest BCUT2D eigenvalue weighted by Gasteiger charge is 2.50. The lowest BCUT2D eigenvalue weighted by molar-refractivity contribution is -0.126. The van der Waals surface area contributed by atoms with Crippen LogP contribution in [0.1, 0.15) is 30.9 Å². The van der Waals surface area contributed by atoms with Gasteiger partial charge in [-0.2, -0.15) is 8.42 Å². The minimum absolute atomic E-state index is 0.0599. The fourth-order valence-electron chi connectivity index (χ4n) is 3.08. The third-order valence-corrected chi connectivity index (χ3v) is 8.33. The Morgan fingerprint density at radius 2 is 1.25 bits per heavy atom. The van der Waals surface area contributed by atoms with Crippen molar-refractivity contribution < 1.29 is 21.6 Å². The number of aryl methyl sites for hydroxylation is 2. The van der Waals surface area contributed by atoms with Crippen LogP contribution >= 0.6 is 0 Å². The number of carbonyl (C=O) groups excluding carboxylic acids is 1. The number of hydrogen-bond acceptors (Lipinski definition) is 5. The van der Waals surface area contributed by atoms with Gasteiger partial charge < -0.3 is 0 Å². The van der Waals surface area contributed by atoms with E-state index in [-0.39, 0.29) is 16.2 Å². The van der Waals surface area contributed by atoms with Crippen molar-refractivity contribution in [1.29, 1.82) is 0 Å². The molecule has 0 spiro atoms. The van der Waals surface area contributed by atoms with Crippen LogP contribution < -0.4 is 0 Å². The number of benzene rings is 2. The van der Waals surface area contributed by atoms with Gasteiger partial charge in [0, 0.05) is 6.42 Å². The Hall–Kier alpha value is -2.23. The van der Waals surface area contributed by atoms with Crippen LogP contribution in [0.2, 0.25) is 0 Å². The van der Waals surface area contributed by atoms with E-state index in [1.807, 2.05) is 6.92 Å². The van der Waals surface area contributed by atoms with Crippen LogP contribution in [0.5, 0.6) is 0 Å². The molecule has 9 heteroatoms. The van der Waals surface area contributed by atoms with Crippen LogP contribution in [0.15, 0.2) is 58.3 Å². The van der Waals surface area contributed by atoms with Gasteiger partial charge >= 0.3 is 0 Å². The lowest BCUT2D eigenvalue weighted by Gasteiger charge is -2.30. The molecule has 7 nitrogen and oxygen atoms in total. The first-order chi connectivity index (χ1) is 13.1. The van der Waals surface area contributed by atoms with Crippen LogP contribution in [-0.2, 0) is 24.8 Å². The molecule has 0 aliphatic carbocycles. The summed E-state index contributed by atoms with van der Waals surface area (Å²) in [4.78, 5) is 12.4. The molecule has 1 amide bonds. The fraction of sp³-hybridized carbons (Fsp3) is 0.316. The molecule has 0 radical (unpaired) electrons. The molecule has 150 valence electrons. The molecule has 1 aliphatic heterocycles. The Kier molecular flexibility index (Phi) is 5.35. The predicted molar refractivity (Wildman–Crippen MR) is 104 cm³/mol. The Balaban J connectivity index is 2.14. The maximum absolute atomic E-state index is 13.3. The van der Waals surface area contributed by atoms with E-state index in [1.165, 1.54) is 24.3 Å². The third-order valence-electron chi connectivity index (χ3n) is 4.70. The maximum atomic E-state index is 13.3. The molecule has 1 aliphatic rings. The summed E-state index contributed by atoms with van der Waals surface area (Å²) in [5.74, 6) is -0.761. The molecule has 1 fully saturated rings. The van der Waals surface area contributed by atoms with E-state index in [9.17, 15) is 21.6 Å². The quantitative estimate of drug-likeness (QED) is 0.739. The summed E-state index contributed by atoms with van der Waals surface area (Å²) in [5.41, 5.74) is 1.72. The van der Waals surface area contributed by atoms with Crippen molar-refractivity contribution in [2.75, 3.05) is 0 Å². The first kappa shape index (κ1) is 20.5. The number of sulfonamides is 2. The van der Waals surface area contributed by atoms with Crippen molar-refractivity contribution in [2.45, 2.75) is 49.4 Å². The number of hydrazine groups is 1. The SMILES string of the molecule is CC[C@@H]1CC(=O)N(S(=O)(=O)c2ccc(C)cc2)N1S(=O)(=O)c1ccc(C)cc1. The van der Waals surface area contributed by atoms with Crippen LogP contribution in [0, 0.1) is 13.8 Å². The Morgan fingerprint density at radius 3 is 1.68 bits per heavy atom. The predicted octanol–water partition coefficient (Wildman–Crippen LogP) is 2.61. The van der Waals surface area contributed by atoms with Gasteiger partial charge in [0.25, 0.3) is 26.0 Å². The van der Waals surface area contributed by atoms with E-state index in [4.69, 9.17) is 0 Å².